The Kier molecular flexibility index (Phi) is 6.04. The summed E-state index contributed by atoms with van der Waals surface area (Å²) in [5.41, 5.74) is 7.47. The summed E-state index contributed by atoms with van der Waals surface area (Å²) in [5, 5.41) is 6.42. The third-order valence-corrected chi connectivity index (χ3v) is 6.62. The minimum Gasteiger partial charge on any atom is -0.366 e. The van der Waals surface area contributed by atoms with E-state index in [0.29, 0.717) is 6.54 Å². The molecule has 4 rings (SSSR count). The Balaban J connectivity index is 1.57. The van der Waals surface area contributed by atoms with Gasteiger partial charge in [-0.3, -0.25) is 19.4 Å². The van der Waals surface area contributed by atoms with E-state index < -0.39 is 17.7 Å². The number of piperidine rings is 1. The fourth-order valence-electron chi connectivity index (χ4n) is 3.94. The topological polar surface area (TPSA) is 130 Å². The van der Waals surface area contributed by atoms with Crippen LogP contribution >= 0.6 is 11.3 Å². The number of anilines is 2. The average Bonchev–Trinajstić information content (AvgIpc) is 3.21. The lowest BCUT2D eigenvalue weighted by Gasteiger charge is -2.38. The van der Waals surface area contributed by atoms with E-state index in [9.17, 15) is 14.4 Å². The zero-order valence-electron chi connectivity index (χ0n) is 17.8. The van der Waals surface area contributed by atoms with Gasteiger partial charge in [-0.15, -0.1) is 0 Å². The number of pyridine rings is 1. The molecule has 1 saturated heterocycles. The van der Waals surface area contributed by atoms with Crippen LogP contribution in [-0.4, -0.2) is 46.2 Å². The molecule has 4 N–H and O–H groups in total. The molecule has 2 atom stereocenters. The predicted octanol–water partition coefficient (Wildman–Crippen LogP) is 2.77. The molecule has 166 valence electrons. The number of fused-ring (bicyclic) bond motifs is 1. The Morgan fingerprint density at radius 2 is 2.00 bits per heavy atom. The molecule has 9 nitrogen and oxygen atoms in total. The molecule has 2 unspecified atom stereocenters. The van der Waals surface area contributed by atoms with Gasteiger partial charge in [-0.25, -0.2) is 4.98 Å². The third-order valence-electron chi connectivity index (χ3n) is 5.56. The SMILES string of the molecule is CNc1nc2cc(C3CCC(C)CN3C(=O)C(=O)Nc3cncc(C(N)=O)c3)ccc2s1. The first-order valence-corrected chi connectivity index (χ1v) is 11.1. The average molecular weight is 453 g/mol. The summed E-state index contributed by atoms with van der Waals surface area (Å²) in [7, 11) is 1.83. The highest BCUT2D eigenvalue weighted by Gasteiger charge is 2.34. The van der Waals surface area contributed by atoms with Gasteiger partial charge in [0.2, 0.25) is 5.91 Å². The van der Waals surface area contributed by atoms with Crippen molar-refractivity contribution in [3.05, 3.63) is 47.8 Å². The largest absolute Gasteiger partial charge is 0.366 e. The van der Waals surface area contributed by atoms with Crippen LogP contribution in [0.1, 0.15) is 41.7 Å². The highest BCUT2D eigenvalue weighted by Crippen LogP contribution is 2.36. The maximum absolute atomic E-state index is 13.1. The molecule has 32 heavy (non-hydrogen) atoms. The summed E-state index contributed by atoms with van der Waals surface area (Å²) < 4.78 is 1.06. The van der Waals surface area contributed by atoms with Crippen molar-refractivity contribution in [2.75, 3.05) is 24.2 Å². The highest BCUT2D eigenvalue weighted by molar-refractivity contribution is 7.22. The van der Waals surface area contributed by atoms with E-state index >= 15 is 0 Å². The molecule has 1 aromatic carbocycles. The van der Waals surface area contributed by atoms with E-state index in [1.165, 1.54) is 18.5 Å². The number of hydrogen-bond acceptors (Lipinski definition) is 7. The van der Waals surface area contributed by atoms with Gasteiger partial charge in [0.05, 0.1) is 33.7 Å². The molecule has 1 aliphatic heterocycles. The Bertz CT molecular complexity index is 1190. The van der Waals surface area contributed by atoms with Gasteiger partial charge in [0, 0.05) is 19.8 Å². The zero-order valence-corrected chi connectivity index (χ0v) is 18.6. The fourth-order valence-corrected chi connectivity index (χ4v) is 4.74. The molecular weight excluding hydrogens is 428 g/mol. The predicted molar refractivity (Wildman–Crippen MR) is 123 cm³/mol. The van der Waals surface area contributed by atoms with Gasteiger partial charge < -0.3 is 21.3 Å². The first-order chi connectivity index (χ1) is 15.4. The summed E-state index contributed by atoms with van der Waals surface area (Å²) in [4.78, 5) is 47.3. The number of hydrogen-bond donors (Lipinski definition) is 3. The van der Waals surface area contributed by atoms with Gasteiger partial charge in [-0.05, 0) is 42.5 Å². The van der Waals surface area contributed by atoms with Crippen LogP contribution in [0.15, 0.2) is 36.7 Å². The molecule has 3 heterocycles. The van der Waals surface area contributed by atoms with Crippen LogP contribution in [0.5, 0.6) is 0 Å². The Morgan fingerprint density at radius 3 is 2.75 bits per heavy atom. The normalized spacial score (nSPS) is 18.4. The van der Waals surface area contributed by atoms with Gasteiger partial charge in [0.15, 0.2) is 5.13 Å². The van der Waals surface area contributed by atoms with Gasteiger partial charge in [0.1, 0.15) is 0 Å². The minimum atomic E-state index is -0.778. The van der Waals surface area contributed by atoms with E-state index in [2.05, 4.69) is 27.5 Å². The number of likely N-dealkylation sites (tertiary alicyclic amines) is 1. The van der Waals surface area contributed by atoms with Crippen LogP contribution in [0.4, 0.5) is 10.8 Å². The van der Waals surface area contributed by atoms with Crippen molar-refractivity contribution in [1.29, 1.82) is 0 Å². The number of nitrogens with one attached hydrogen (secondary N) is 2. The van der Waals surface area contributed by atoms with Crippen LogP contribution in [0.25, 0.3) is 10.2 Å². The minimum absolute atomic E-state index is 0.150. The van der Waals surface area contributed by atoms with E-state index in [1.807, 2.05) is 25.2 Å². The number of primary amides is 1. The van der Waals surface area contributed by atoms with Crippen LogP contribution in [0.2, 0.25) is 0 Å². The van der Waals surface area contributed by atoms with Crippen molar-refractivity contribution in [2.24, 2.45) is 11.7 Å². The van der Waals surface area contributed by atoms with Crippen molar-refractivity contribution in [1.82, 2.24) is 14.9 Å². The molecule has 1 aliphatic rings. The zero-order chi connectivity index (χ0) is 22.8. The summed E-state index contributed by atoms with van der Waals surface area (Å²) in [6.07, 6.45) is 4.38. The molecule has 10 heteroatoms. The molecular formula is C22H24N6O3S. The van der Waals surface area contributed by atoms with E-state index in [1.54, 1.807) is 16.2 Å². The molecule has 0 bridgehead atoms. The molecule has 0 saturated carbocycles. The first-order valence-electron chi connectivity index (χ1n) is 10.3. The van der Waals surface area contributed by atoms with E-state index in [4.69, 9.17) is 5.73 Å². The van der Waals surface area contributed by atoms with E-state index in [0.717, 1.165) is 33.8 Å². The maximum atomic E-state index is 13.1. The molecule has 3 amide bonds. The van der Waals surface area contributed by atoms with E-state index in [-0.39, 0.29) is 23.2 Å². The fraction of sp³-hybridized carbons (Fsp3) is 0.318. The van der Waals surface area contributed by atoms with Crippen molar-refractivity contribution in [2.45, 2.75) is 25.8 Å². The molecule has 0 radical (unpaired) electrons. The van der Waals surface area contributed by atoms with Crippen LogP contribution < -0.4 is 16.4 Å². The summed E-state index contributed by atoms with van der Waals surface area (Å²) in [6.45, 7) is 2.55. The Labute approximate surface area is 189 Å². The number of benzene rings is 1. The van der Waals surface area contributed by atoms with Gasteiger partial charge in [0.25, 0.3) is 0 Å². The quantitative estimate of drug-likeness (QED) is 0.522. The maximum Gasteiger partial charge on any atom is 0.313 e. The van der Waals surface area contributed by atoms with Crippen LogP contribution in [-0.2, 0) is 9.59 Å². The van der Waals surface area contributed by atoms with Crippen molar-refractivity contribution >= 4 is 50.1 Å². The number of nitrogens with two attached hydrogens (primary N) is 1. The molecule has 2 aromatic heterocycles. The highest BCUT2D eigenvalue weighted by atomic mass is 32.1. The monoisotopic (exact) mass is 452 g/mol. The molecule has 1 fully saturated rings. The second-order valence-corrected chi connectivity index (χ2v) is 8.96. The second kappa shape index (κ2) is 8.91. The van der Waals surface area contributed by atoms with Crippen LogP contribution in [0, 0.1) is 5.92 Å². The van der Waals surface area contributed by atoms with Crippen LogP contribution in [0.3, 0.4) is 0 Å². The summed E-state index contributed by atoms with van der Waals surface area (Å²) >= 11 is 1.56. The Morgan fingerprint density at radius 1 is 1.19 bits per heavy atom. The number of carbonyl (C=O) groups is 3. The number of amides is 3. The lowest BCUT2D eigenvalue weighted by atomic mass is 9.89. The number of rotatable bonds is 4. The number of thiazole rings is 1. The molecule has 0 spiro atoms. The first kappa shape index (κ1) is 21.7. The standard InChI is InChI=1S/C22H24N6O3S/c1-12-3-5-17(13-4-6-18-16(8-13)27-22(24-2)32-18)28(11-12)21(31)20(30)26-15-7-14(19(23)29)9-25-10-15/h4,6-10,12,17H,3,5,11H2,1-2H3,(H2,23,29)(H,24,27)(H,26,30). The van der Waals surface area contributed by atoms with Crippen molar-refractivity contribution < 1.29 is 14.4 Å². The summed E-state index contributed by atoms with van der Waals surface area (Å²) in [6, 6.07) is 7.17. The molecule has 3 aromatic rings. The number of nitrogens with zero attached hydrogens (tertiary/aromatic N) is 3. The second-order valence-electron chi connectivity index (χ2n) is 7.93. The third kappa shape index (κ3) is 4.40. The number of carbonyl (C=O) groups excluding carboxylic acids is 3. The lowest BCUT2D eigenvalue weighted by molar-refractivity contribution is -0.146. The van der Waals surface area contributed by atoms with Gasteiger partial charge in [-0.2, -0.15) is 0 Å². The van der Waals surface area contributed by atoms with Gasteiger partial charge >= 0.3 is 11.8 Å². The smallest absolute Gasteiger partial charge is 0.313 e. The summed E-state index contributed by atoms with van der Waals surface area (Å²) in [5.74, 6) is -1.79. The van der Waals surface area contributed by atoms with Gasteiger partial charge in [-0.1, -0.05) is 24.3 Å². The number of aromatic nitrogens is 2. The Hall–Kier alpha value is -3.53. The van der Waals surface area contributed by atoms with Crippen molar-refractivity contribution in [3.8, 4) is 0 Å². The molecule has 0 aliphatic carbocycles. The lowest BCUT2D eigenvalue weighted by Crippen LogP contribution is -2.46. The van der Waals surface area contributed by atoms with Crippen molar-refractivity contribution in [3.63, 3.8) is 0 Å².